The fraction of sp³-hybridized carbons (Fsp3) is 0.333. The molecular formula is C15H17ClN2O. The average molecular weight is 277 g/mol. The van der Waals surface area contributed by atoms with E-state index in [0.29, 0.717) is 17.6 Å². The first-order chi connectivity index (χ1) is 9.22. The summed E-state index contributed by atoms with van der Waals surface area (Å²) < 4.78 is 5.62. The van der Waals surface area contributed by atoms with Crippen molar-refractivity contribution in [3.05, 3.63) is 41.2 Å². The molecule has 0 aliphatic rings. The van der Waals surface area contributed by atoms with Crippen LogP contribution >= 0.6 is 11.6 Å². The van der Waals surface area contributed by atoms with Gasteiger partial charge in [0, 0.05) is 11.3 Å². The van der Waals surface area contributed by atoms with E-state index >= 15 is 0 Å². The van der Waals surface area contributed by atoms with Crippen LogP contribution in [0.1, 0.15) is 26.0 Å². The molecule has 0 radical (unpaired) electrons. The average Bonchev–Trinajstić information content (AvgIpc) is 2.44. The van der Waals surface area contributed by atoms with E-state index in [9.17, 15) is 0 Å². The number of benzene rings is 1. The fourth-order valence-corrected chi connectivity index (χ4v) is 1.93. The number of nitrogens with zero attached hydrogens (tertiary/aromatic N) is 2. The second-order valence-corrected chi connectivity index (χ2v) is 4.62. The maximum absolute atomic E-state index is 6.02. The van der Waals surface area contributed by atoms with Crippen LogP contribution in [0.2, 0.25) is 5.15 Å². The van der Waals surface area contributed by atoms with Gasteiger partial charge in [0.2, 0.25) is 0 Å². The predicted molar refractivity (Wildman–Crippen MR) is 77.6 cm³/mol. The van der Waals surface area contributed by atoms with E-state index in [1.807, 2.05) is 31.2 Å². The summed E-state index contributed by atoms with van der Waals surface area (Å²) in [6.45, 7) is 4.83. The van der Waals surface area contributed by atoms with Gasteiger partial charge in [-0.15, -0.1) is 0 Å². The molecule has 0 amide bonds. The fourth-order valence-electron chi connectivity index (χ4n) is 1.72. The molecule has 0 bridgehead atoms. The first kappa shape index (κ1) is 13.8. The smallest absolute Gasteiger partial charge is 0.161 e. The van der Waals surface area contributed by atoms with Crippen LogP contribution in [-0.2, 0) is 6.42 Å². The molecular weight excluding hydrogens is 260 g/mol. The Kier molecular flexibility index (Phi) is 4.74. The normalized spacial score (nSPS) is 10.5. The number of halogens is 1. The van der Waals surface area contributed by atoms with E-state index in [0.717, 1.165) is 29.8 Å². The summed E-state index contributed by atoms with van der Waals surface area (Å²) in [5, 5.41) is 0.474. The third-order valence-electron chi connectivity index (χ3n) is 2.68. The Morgan fingerprint density at radius 3 is 2.74 bits per heavy atom. The molecule has 1 aromatic carbocycles. The zero-order valence-corrected chi connectivity index (χ0v) is 11.9. The van der Waals surface area contributed by atoms with Crippen LogP contribution < -0.4 is 4.74 Å². The summed E-state index contributed by atoms with van der Waals surface area (Å²) in [5.41, 5.74) is 1.86. The number of hydrogen-bond acceptors (Lipinski definition) is 3. The van der Waals surface area contributed by atoms with Crippen molar-refractivity contribution in [2.75, 3.05) is 6.61 Å². The van der Waals surface area contributed by atoms with Crippen molar-refractivity contribution in [3.63, 3.8) is 0 Å². The number of aromatic nitrogens is 2. The largest absolute Gasteiger partial charge is 0.494 e. The van der Waals surface area contributed by atoms with Gasteiger partial charge in [-0.3, -0.25) is 0 Å². The molecule has 0 saturated carbocycles. The van der Waals surface area contributed by atoms with Crippen LogP contribution in [0.15, 0.2) is 30.3 Å². The molecule has 0 aliphatic heterocycles. The molecule has 3 nitrogen and oxygen atoms in total. The maximum Gasteiger partial charge on any atom is 0.161 e. The number of ether oxygens (including phenoxy) is 1. The van der Waals surface area contributed by atoms with Crippen LogP contribution in [0.25, 0.3) is 11.4 Å². The summed E-state index contributed by atoms with van der Waals surface area (Å²) in [6.07, 6.45) is 1.82. The molecule has 100 valence electrons. The van der Waals surface area contributed by atoms with Crippen molar-refractivity contribution in [1.29, 1.82) is 0 Å². The van der Waals surface area contributed by atoms with Gasteiger partial charge >= 0.3 is 0 Å². The third kappa shape index (κ3) is 3.67. The minimum Gasteiger partial charge on any atom is -0.494 e. The molecule has 4 heteroatoms. The summed E-state index contributed by atoms with van der Waals surface area (Å²) in [7, 11) is 0. The van der Waals surface area contributed by atoms with E-state index in [1.165, 1.54) is 0 Å². The van der Waals surface area contributed by atoms with E-state index in [2.05, 4.69) is 16.9 Å². The Morgan fingerprint density at radius 1 is 1.16 bits per heavy atom. The van der Waals surface area contributed by atoms with Crippen molar-refractivity contribution in [2.24, 2.45) is 0 Å². The van der Waals surface area contributed by atoms with Crippen molar-refractivity contribution >= 4 is 11.6 Å². The van der Waals surface area contributed by atoms with Gasteiger partial charge < -0.3 is 4.74 Å². The molecule has 0 unspecified atom stereocenters. The minimum absolute atomic E-state index is 0.474. The van der Waals surface area contributed by atoms with Crippen LogP contribution in [-0.4, -0.2) is 16.6 Å². The SMILES string of the molecule is CCCOc1cccc(-c2nc(Cl)cc(CC)n2)c1. The van der Waals surface area contributed by atoms with Crippen molar-refractivity contribution in [1.82, 2.24) is 9.97 Å². The van der Waals surface area contributed by atoms with E-state index in [4.69, 9.17) is 16.3 Å². The highest BCUT2D eigenvalue weighted by molar-refractivity contribution is 6.29. The molecule has 1 aromatic heterocycles. The molecule has 2 rings (SSSR count). The van der Waals surface area contributed by atoms with Crippen LogP contribution in [0.3, 0.4) is 0 Å². The number of hydrogen-bond donors (Lipinski definition) is 0. The standard InChI is InChI=1S/C15H17ClN2O/c1-3-8-19-13-7-5-6-11(9-13)15-17-12(4-2)10-14(16)18-15/h5-7,9-10H,3-4,8H2,1-2H3. The van der Waals surface area contributed by atoms with Gasteiger partial charge in [-0.1, -0.05) is 37.6 Å². The first-order valence-electron chi connectivity index (χ1n) is 6.49. The lowest BCUT2D eigenvalue weighted by molar-refractivity contribution is 0.317. The molecule has 19 heavy (non-hydrogen) atoms. The Bertz CT molecular complexity index is 558. The Hall–Kier alpha value is -1.61. The molecule has 2 aromatic rings. The molecule has 0 N–H and O–H groups in total. The van der Waals surface area contributed by atoms with E-state index < -0.39 is 0 Å². The zero-order valence-electron chi connectivity index (χ0n) is 11.2. The maximum atomic E-state index is 6.02. The summed E-state index contributed by atoms with van der Waals surface area (Å²) >= 11 is 6.02. The van der Waals surface area contributed by atoms with Gasteiger partial charge in [0.15, 0.2) is 5.82 Å². The molecule has 0 atom stereocenters. The lowest BCUT2D eigenvalue weighted by Gasteiger charge is -2.07. The van der Waals surface area contributed by atoms with Crippen LogP contribution in [0, 0.1) is 0 Å². The highest BCUT2D eigenvalue weighted by Crippen LogP contribution is 2.23. The lowest BCUT2D eigenvalue weighted by Crippen LogP contribution is -1.97. The highest BCUT2D eigenvalue weighted by Gasteiger charge is 2.06. The van der Waals surface area contributed by atoms with Crippen molar-refractivity contribution in [3.8, 4) is 17.1 Å². The number of aryl methyl sites for hydroxylation is 1. The van der Waals surface area contributed by atoms with Gasteiger partial charge in [0.1, 0.15) is 10.9 Å². The van der Waals surface area contributed by atoms with Crippen LogP contribution in [0.5, 0.6) is 5.75 Å². The molecule has 0 spiro atoms. The van der Waals surface area contributed by atoms with Gasteiger partial charge in [-0.2, -0.15) is 0 Å². The Balaban J connectivity index is 2.32. The van der Waals surface area contributed by atoms with Crippen molar-refractivity contribution < 1.29 is 4.74 Å². The predicted octanol–water partition coefficient (Wildman–Crippen LogP) is 4.15. The zero-order chi connectivity index (χ0) is 13.7. The number of rotatable bonds is 5. The first-order valence-corrected chi connectivity index (χ1v) is 6.87. The molecule has 0 aliphatic carbocycles. The third-order valence-corrected chi connectivity index (χ3v) is 2.87. The second kappa shape index (κ2) is 6.53. The molecule has 0 saturated heterocycles. The minimum atomic E-state index is 0.474. The van der Waals surface area contributed by atoms with Gasteiger partial charge in [-0.05, 0) is 31.0 Å². The highest BCUT2D eigenvalue weighted by atomic mass is 35.5. The second-order valence-electron chi connectivity index (χ2n) is 4.24. The van der Waals surface area contributed by atoms with E-state index in [-0.39, 0.29) is 0 Å². The monoisotopic (exact) mass is 276 g/mol. The van der Waals surface area contributed by atoms with Gasteiger partial charge in [-0.25, -0.2) is 9.97 Å². The molecule has 1 heterocycles. The Morgan fingerprint density at radius 2 is 2.00 bits per heavy atom. The Labute approximate surface area is 118 Å². The quantitative estimate of drug-likeness (QED) is 0.770. The molecule has 0 fully saturated rings. The lowest BCUT2D eigenvalue weighted by atomic mass is 10.2. The van der Waals surface area contributed by atoms with E-state index in [1.54, 1.807) is 6.07 Å². The van der Waals surface area contributed by atoms with Crippen molar-refractivity contribution in [2.45, 2.75) is 26.7 Å². The summed E-state index contributed by atoms with van der Waals surface area (Å²) in [5.74, 6) is 1.48. The van der Waals surface area contributed by atoms with Gasteiger partial charge in [0.25, 0.3) is 0 Å². The van der Waals surface area contributed by atoms with Crippen LogP contribution in [0.4, 0.5) is 0 Å². The topological polar surface area (TPSA) is 35.0 Å². The summed E-state index contributed by atoms with van der Waals surface area (Å²) in [4.78, 5) is 8.76. The summed E-state index contributed by atoms with van der Waals surface area (Å²) in [6, 6.07) is 9.58. The van der Waals surface area contributed by atoms with Gasteiger partial charge in [0.05, 0.1) is 6.61 Å².